The summed E-state index contributed by atoms with van der Waals surface area (Å²) < 4.78 is 14.6. The van der Waals surface area contributed by atoms with Gasteiger partial charge in [0, 0.05) is 17.2 Å². The lowest BCUT2D eigenvalue weighted by atomic mass is 10.2. The van der Waals surface area contributed by atoms with Crippen LogP contribution in [0.15, 0.2) is 47.2 Å². The molecular weight excluding hydrogens is 283 g/mol. The van der Waals surface area contributed by atoms with E-state index >= 15 is 0 Å². The monoisotopic (exact) mass is 294 g/mol. The number of pyridine rings is 1. The number of hydrogen-bond acceptors (Lipinski definition) is 2. The van der Waals surface area contributed by atoms with Crippen LogP contribution in [-0.2, 0) is 0 Å². The van der Waals surface area contributed by atoms with E-state index in [2.05, 4.69) is 20.9 Å². The first-order valence-electron chi connectivity index (χ1n) is 5.35. The van der Waals surface area contributed by atoms with Gasteiger partial charge in [0.1, 0.15) is 5.82 Å². The number of rotatable bonds is 3. The summed E-state index contributed by atoms with van der Waals surface area (Å²) in [6.45, 7) is 2.66. The van der Waals surface area contributed by atoms with E-state index in [1.165, 1.54) is 6.07 Å². The fraction of sp³-hybridized carbons (Fsp3) is 0.154. The molecule has 4 heteroatoms. The highest BCUT2D eigenvalue weighted by Crippen LogP contribution is 2.28. The molecule has 0 bridgehead atoms. The Morgan fingerprint density at radius 1 is 1.29 bits per heavy atom. The topological polar surface area (TPSA) is 16.1 Å². The number of aromatic nitrogens is 1. The number of benzene rings is 1. The molecule has 0 aliphatic heterocycles. The smallest absolute Gasteiger partial charge is 0.146 e. The zero-order valence-corrected chi connectivity index (χ0v) is 11.0. The molecule has 0 unspecified atom stereocenters. The molecule has 0 saturated carbocycles. The molecular formula is C13H12BrFN2. The molecule has 0 spiro atoms. The van der Waals surface area contributed by atoms with Gasteiger partial charge in [-0.1, -0.05) is 12.1 Å². The molecule has 17 heavy (non-hydrogen) atoms. The Labute approximate surface area is 108 Å². The van der Waals surface area contributed by atoms with Gasteiger partial charge in [-0.25, -0.2) is 4.39 Å². The molecule has 88 valence electrons. The lowest BCUT2D eigenvalue weighted by Gasteiger charge is -2.23. The third-order valence-electron chi connectivity index (χ3n) is 2.46. The van der Waals surface area contributed by atoms with E-state index < -0.39 is 0 Å². The third-order valence-corrected chi connectivity index (χ3v) is 2.90. The van der Waals surface area contributed by atoms with Crippen molar-refractivity contribution in [1.82, 2.24) is 4.98 Å². The van der Waals surface area contributed by atoms with Crippen molar-refractivity contribution in [2.45, 2.75) is 6.92 Å². The molecule has 0 saturated heterocycles. The van der Waals surface area contributed by atoms with Crippen LogP contribution >= 0.6 is 15.9 Å². The predicted molar refractivity (Wildman–Crippen MR) is 71.0 cm³/mol. The van der Waals surface area contributed by atoms with Gasteiger partial charge in [-0.3, -0.25) is 4.98 Å². The Balaban J connectivity index is 2.44. The Bertz CT molecular complexity index is 516. The lowest BCUT2D eigenvalue weighted by molar-refractivity contribution is 0.625. The van der Waals surface area contributed by atoms with Crippen LogP contribution in [0.2, 0.25) is 0 Å². The van der Waals surface area contributed by atoms with E-state index in [9.17, 15) is 4.39 Å². The Hall–Kier alpha value is -1.42. The van der Waals surface area contributed by atoms with E-state index in [1.54, 1.807) is 24.5 Å². The first-order chi connectivity index (χ1) is 8.22. The van der Waals surface area contributed by atoms with E-state index in [0.717, 1.165) is 10.2 Å². The molecule has 0 amide bonds. The van der Waals surface area contributed by atoms with Crippen LogP contribution in [0, 0.1) is 5.82 Å². The molecule has 2 aromatic rings. The highest BCUT2D eigenvalue weighted by molar-refractivity contribution is 9.10. The van der Waals surface area contributed by atoms with Gasteiger partial charge < -0.3 is 4.90 Å². The van der Waals surface area contributed by atoms with E-state index in [0.29, 0.717) is 12.2 Å². The Morgan fingerprint density at radius 2 is 2.06 bits per heavy atom. The SMILES string of the molecule is CCN(c1cncc(Br)c1)c1ccccc1F. The zero-order valence-electron chi connectivity index (χ0n) is 9.40. The average molecular weight is 295 g/mol. The highest BCUT2D eigenvalue weighted by atomic mass is 79.9. The normalized spacial score (nSPS) is 10.3. The molecule has 1 heterocycles. The van der Waals surface area contributed by atoms with E-state index in [-0.39, 0.29) is 5.82 Å². The van der Waals surface area contributed by atoms with Crippen molar-refractivity contribution >= 4 is 27.3 Å². The van der Waals surface area contributed by atoms with Crippen LogP contribution in [0.1, 0.15) is 6.92 Å². The van der Waals surface area contributed by atoms with Gasteiger partial charge in [0.15, 0.2) is 0 Å². The second-order valence-electron chi connectivity index (χ2n) is 3.56. The largest absolute Gasteiger partial charge is 0.338 e. The Kier molecular flexibility index (Phi) is 3.74. The number of nitrogens with zero attached hydrogens (tertiary/aromatic N) is 2. The standard InChI is InChI=1S/C13H12BrFN2/c1-2-17(11-7-10(14)8-16-9-11)13-6-4-3-5-12(13)15/h3-9H,2H2,1H3. The average Bonchev–Trinajstić information content (AvgIpc) is 2.33. The van der Waals surface area contributed by atoms with Crippen molar-refractivity contribution < 1.29 is 4.39 Å². The quantitative estimate of drug-likeness (QED) is 0.846. The van der Waals surface area contributed by atoms with Crippen LogP contribution in [0.25, 0.3) is 0 Å². The van der Waals surface area contributed by atoms with Crippen molar-refractivity contribution in [2.75, 3.05) is 11.4 Å². The van der Waals surface area contributed by atoms with Crippen molar-refractivity contribution in [3.63, 3.8) is 0 Å². The first kappa shape index (κ1) is 12.0. The van der Waals surface area contributed by atoms with Gasteiger partial charge >= 0.3 is 0 Å². The maximum absolute atomic E-state index is 13.7. The van der Waals surface area contributed by atoms with Gasteiger partial charge in [-0.2, -0.15) is 0 Å². The van der Waals surface area contributed by atoms with Gasteiger partial charge in [0.05, 0.1) is 17.6 Å². The number of hydrogen-bond donors (Lipinski definition) is 0. The van der Waals surface area contributed by atoms with Crippen LogP contribution in [0.3, 0.4) is 0 Å². The van der Waals surface area contributed by atoms with Crippen molar-refractivity contribution in [2.24, 2.45) is 0 Å². The minimum atomic E-state index is -0.227. The summed E-state index contributed by atoms with van der Waals surface area (Å²) in [4.78, 5) is 5.98. The fourth-order valence-electron chi connectivity index (χ4n) is 1.71. The summed E-state index contributed by atoms with van der Waals surface area (Å²) in [6.07, 6.45) is 3.43. The first-order valence-corrected chi connectivity index (χ1v) is 6.14. The number of anilines is 2. The Morgan fingerprint density at radius 3 is 2.71 bits per heavy atom. The summed E-state index contributed by atoms with van der Waals surface area (Å²) in [6, 6.07) is 8.66. The minimum absolute atomic E-state index is 0.227. The molecule has 1 aromatic heterocycles. The summed E-state index contributed by atoms with van der Waals surface area (Å²) in [5.74, 6) is -0.227. The molecule has 0 N–H and O–H groups in total. The van der Waals surface area contributed by atoms with Crippen LogP contribution in [-0.4, -0.2) is 11.5 Å². The molecule has 0 atom stereocenters. The molecule has 0 aliphatic carbocycles. The summed E-state index contributed by atoms with van der Waals surface area (Å²) in [5, 5.41) is 0. The van der Waals surface area contributed by atoms with Crippen LogP contribution in [0.4, 0.5) is 15.8 Å². The second kappa shape index (κ2) is 5.27. The van der Waals surface area contributed by atoms with Crippen LogP contribution < -0.4 is 4.90 Å². The summed E-state index contributed by atoms with van der Waals surface area (Å²) >= 11 is 3.37. The molecule has 1 aromatic carbocycles. The molecule has 0 fully saturated rings. The summed E-state index contributed by atoms with van der Waals surface area (Å²) in [7, 11) is 0. The van der Waals surface area contributed by atoms with Gasteiger partial charge in [0.25, 0.3) is 0 Å². The van der Waals surface area contributed by atoms with Crippen molar-refractivity contribution in [3.05, 3.63) is 53.0 Å². The fourth-order valence-corrected chi connectivity index (χ4v) is 2.06. The van der Waals surface area contributed by atoms with Crippen molar-refractivity contribution in [1.29, 1.82) is 0 Å². The van der Waals surface area contributed by atoms with E-state index in [1.807, 2.05) is 24.0 Å². The number of halogens is 2. The lowest BCUT2D eigenvalue weighted by Crippen LogP contribution is -2.17. The molecule has 0 radical (unpaired) electrons. The second-order valence-corrected chi connectivity index (χ2v) is 4.47. The highest BCUT2D eigenvalue weighted by Gasteiger charge is 2.11. The maximum atomic E-state index is 13.7. The maximum Gasteiger partial charge on any atom is 0.146 e. The van der Waals surface area contributed by atoms with Crippen LogP contribution in [0.5, 0.6) is 0 Å². The number of para-hydroxylation sites is 1. The summed E-state index contributed by atoms with van der Waals surface area (Å²) in [5.41, 5.74) is 1.43. The van der Waals surface area contributed by atoms with Gasteiger partial charge in [-0.05, 0) is 41.1 Å². The molecule has 2 rings (SSSR count). The van der Waals surface area contributed by atoms with Gasteiger partial charge in [0.2, 0.25) is 0 Å². The van der Waals surface area contributed by atoms with E-state index in [4.69, 9.17) is 0 Å². The molecule has 0 aliphatic rings. The predicted octanol–water partition coefficient (Wildman–Crippen LogP) is 4.14. The minimum Gasteiger partial charge on any atom is -0.338 e. The van der Waals surface area contributed by atoms with Gasteiger partial charge in [-0.15, -0.1) is 0 Å². The molecule has 2 nitrogen and oxygen atoms in total. The third kappa shape index (κ3) is 2.64. The zero-order chi connectivity index (χ0) is 12.3. The van der Waals surface area contributed by atoms with Crippen molar-refractivity contribution in [3.8, 4) is 0 Å².